The number of halogens is 2. The number of rotatable bonds is 6. The van der Waals surface area contributed by atoms with Gasteiger partial charge in [0.2, 0.25) is 0 Å². The van der Waals surface area contributed by atoms with Crippen LogP contribution in [0.15, 0.2) is 24.3 Å². The van der Waals surface area contributed by atoms with Crippen molar-refractivity contribution in [3.8, 4) is 0 Å². The van der Waals surface area contributed by atoms with Crippen LogP contribution >= 0.6 is 0 Å². The van der Waals surface area contributed by atoms with E-state index in [2.05, 4.69) is 6.92 Å². The van der Waals surface area contributed by atoms with E-state index in [0.717, 1.165) is 18.8 Å². The number of hydrogen-bond acceptors (Lipinski definition) is 0. The van der Waals surface area contributed by atoms with Gasteiger partial charge in [0.15, 0.2) is 0 Å². The third kappa shape index (κ3) is 4.94. The van der Waals surface area contributed by atoms with Crippen molar-refractivity contribution in [1.82, 2.24) is 0 Å². The largest absolute Gasteiger partial charge is 0.206 e. The van der Waals surface area contributed by atoms with Gasteiger partial charge in [-0.1, -0.05) is 50.8 Å². The van der Waals surface area contributed by atoms with Gasteiger partial charge in [-0.3, -0.25) is 0 Å². The highest BCUT2D eigenvalue weighted by molar-refractivity contribution is 5.50. The quantitative estimate of drug-likeness (QED) is 0.535. The van der Waals surface area contributed by atoms with Gasteiger partial charge in [0.05, 0.1) is 0 Å². The lowest BCUT2D eigenvalue weighted by molar-refractivity contribution is 0.290. The number of benzene rings is 1. The second-order valence-electron chi connectivity index (χ2n) is 6.27. The van der Waals surface area contributed by atoms with Crippen LogP contribution in [0.2, 0.25) is 0 Å². The van der Waals surface area contributed by atoms with Gasteiger partial charge in [-0.15, -0.1) is 0 Å². The van der Waals surface area contributed by atoms with Crippen molar-refractivity contribution in [1.29, 1.82) is 0 Å². The summed E-state index contributed by atoms with van der Waals surface area (Å²) in [7, 11) is 0. The Bertz CT molecular complexity index is 436. The highest BCUT2D eigenvalue weighted by atomic mass is 19.1. The molecule has 0 unspecified atom stereocenters. The number of hydrogen-bond donors (Lipinski definition) is 0. The molecule has 2 rings (SSSR count). The van der Waals surface area contributed by atoms with E-state index in [1.807, 2.05) is 6.08 Å². The first-order chi connectivity index (χ1) is 10.2. The lowest BCUT2D eigenvalue weighted by Gasteiger charge is -2.26. The summed E-state index contributed by atoms with van der Waals surface area (Å²) in [5.74, 6) is 0.400. The van der Waals surface area contributed by atoms with Gasteiger partial charge in [0, 0.05) is 5.56 Å². The van der Waals surface area contributed by atoms with Crippen molar-refractivity contribution >= 4 is 6.08 Å². The van der Waals surface area contributed by atoms with E-state index >= 15 is 0 Å². The Kier molecular flexibility index (Phi) is 6.41. The van der Waals surface area contributed by atoms with Crippen molar-refractivity contribution in [2.45, 2.75) is 58.3 Å². The van der Waals surface area contributed by atoms with E-state index in [-0.39, 0.29) is 5.56 Å². The second kappa shape index (κ2) is 8.31. The fourth-order valence-electron chi connectivity index (χ4n) is 3.25. The molecule has 0 spiro atoms. The van der Waals surface area contributed by atoms with Crippen LogP contribution in [0, 0.1) is 23.5 Å². The molecule has 0 saturated heterocycles. The van der Waals surface area contributed by atoms with Crippen LogP contribution in [0.25, 0.3) is 6.08 Å². The molecule has 21 heavy (non-hydrogen) atoms. The average molecular weight is 292 g/mol. The molecule has 0 aliphatic heterocycles. The van der Waals surface area contributed by atoms with Crippen LogP contribution in [0.1, 0.15) is 63.9 Å². The molecule has 1 saturated carbocycles. The normalized spacial score (nSPS) is 22.8. The van der Waals surface area contributed by atoms with E-state index in [1.54, 1.807) is 6.08 Å². The van der Waals surface area contributed by atoms with Gasteiger partial charge in [0.1, 0.15) is 11.6 Å². The zero-order valence-electron chi connectivity index (χ0n) is 13.0. The summed E-state index contributed by atoms with van der Waals surface area (Å²) in [5.41, 5.74) is 0.0996. The molecule has 0 bridgehead atoms. The fourth-order valence-corrected chi connectivity index (χ4v) is 3.25. The van der Waals surface area contributed by atoms with E-state index in [9.17, 15) is 8.78 Å². The molecule has 1 aromatic rings. The smallest absolute Gasteiger partial charge is 0.133 e. The van der Waals surface area contributed by atoms with Crippen LogP contribution < -0.4 is 0 Å². The van der Waals surface area contributed by atoms with Crippen molar-refractivity contribution < 1.29 is 8.78 Å². The molecule has 0 amide bonds. The molecule has 1 aromatic carbocycles. The third-order valence-corrected chi connectivity index (χ3v) is 4.64. The van der Waals surface area contributed by atoms with Gasteiger partial charge in [-0.2, -0.15) is 0 Å². The molecule has 1 aliphatic carbocycles. The predicted octanol–water partition coefficient (Wildman–Crippen LogP) is 6.36. The van der Waals surface area contributed by atoms with Crippen molar-refractivity contribution in [3.63, 3.8) is 0 Å². The molecule has 1 aliphatic rings. The molecular formula is C19H26F2. The Hall–Kier alpha value is -1.18. The van der Waals surface area contributed by atoms with E-state index < -0.39 is 11.6 Å². The maximum Gasteiger partial charge on any atom is 0.133 e. The maximum atomic E-state index is 13.5. The van der Waals surface area contributed by atoms with Gasteiger partial charge in [-0.25, -0.2) is 8.78 Å². The Labute approximate surface area is 127 Å². The summed E-state index contributed by atoms with van der Waals surface area (Å²) in [5, 5.41) is 0. The zero-order valence-corrected chi connectivity index (χ0v) is 13.0. The molecular weight excluding hydrogens is 266 g/mol. The molecule has 0 atom stereocenters. The average Bonchev–Trinajstić information content (AvgIpc) is 2.48. The molecule has 1 fully saturated rings. The second-order valence-corrected chi connectivity index (χ2v) is 6.27. The lowest BCUT2D eigenvalue weighted by Crippen LogP contribution is -2.13. The molecule has 0 aromatic heterocycles. The van der Waals surface area contributed by atoms with Crippen molar-refractivity contribution in [3.05, 3.63) is 41.5 Å². The highest BCUT2D eigenvalue weighted by Crippen LogP contribution is 2.33. The van der Waals surface area contributed by atoms with E-state index in [4.69, 9.17) is 0 Å². The van der Waals surface area contributed by atoms with Crippen LogP contribution in [0.5, 0.6) is 0 Å². The van der Waals surface area contributed by atoms with Crippen LogP contribution in [0.4, 0.5) is 8.78 Å². The topological polar surface area (TPSA) is 0 Å². The van der Waals surface area contributed by atoms with Gasteiger partial charge >= 0.3 is 0 Å². The lowest BCUT2D eigenvalue weighted by atomic mass is 9.79. The van der Waals surface area contributed by atoms with Crippen LogP contribution in [0.3, 0.4) is 0 Å². The standard InChI is InChI=1S/C19H26F2/c1-2-3-4-6-15-9-11-16(12-10-15)13-14-17-18(20)7-5-8-19(17)21/h5,7-8,13-16H,2-4,6,9-12H2,1H3/t15-,16-. The monoisotopic (exact) mass is 292 g/mol. The summed E-state index contributed by atoms with van der Waals surface area (Å²) < 4.78 is 27.1. The molecule has 0 nitrogen and oxygen atoms in total. The van der Waals surface area contributed by atoms with Crippen LogP contribution in [-0.2, 0) is 0 Å². The summed E-state index contributed by atoms with van der Waals surface area (Å²) in [6.07, 6.45) is 13.8. The third-order valence-electron chi connectivity index (χ3n) is 4.64. The van der Waals surface area contributed by atoms with Gasteiger partial charge in [-0.05, 0) is 49.7 Å². The molecule has 0 radical (unpaired) electrons. The predicted molar refractivity (Wildman–Crippen MR) is 85.0 cm³/mol. The summed E-state index contributed by atoms with van der Waals surface area (Å²) >= 11 is 0. The Morgan fingerprint density at radius 2 is 1.71 bits per heavy atom. The first-order valence-corrected chi connectivity index (χ1v) is 8.33. The van der Waals surface area contributed by atoms with Crippen molar-refractivity contribution in [2.24, 2.45) is 11.8 Å². The van der Waals surface area contributed by atoms with E-state index in [0.29, 0.717) is 5.92 Å². The summed E-state index contributed by atoms with van der Waals surface area (Å²) in [6.45, 7) is 2.24. The first-order valence-electron chi connectivity index (χ1n) is 8.33. The fraction of sp³-hybridized carbons (Fsp3) is 0.579. The summed E-state index contributed by atoms with van der Waals surface area (Å²) in [4.78, 5) is 0. The van der Waals surface area contributed by atoms with Crippen molar-refractivity contribution in [2.75, 3.05) is 0 Å². The first kappa shape index (κ1) is 16.2. The minimum Gasteiger partial charge on any atom is -0.206 e. The number of unbranched alkanes of at least 4 members (excludes halogenated alkanes) is 2. The molecule has 0 heterocycles. The Morgan fingerprint density at radius 1 is 1.05 bits per heavy atom. The molecule has 2 heteroatoms. The Balaban J connectivity index is 1.82. The molecule has 0 N–H and O–H groups in total. The van der Waals surface area contributed by atoms with Crippen LogP contribution in [-0.4, -0.2) is 0 Å². The number of allylic oxidation sites excluding steroid dienone is 1. The Morgan fingerprint density at radius 3 is 2.33 bits per heavy atom. The van der Waals surface area contributed by atoms with E-state index in [1.165, 1.54) is 56.7 Å². The summed E-state index contributed by atoms with van der Waals surface area (Å²) in [6, 6.07) is 4.03. The minimum absolute atomic E-state index is 0.0996. The minimum atomic E-state index is -0.473. The highest BCUT2D eigenvalue weighted by Gasteiger charge is 2.19. The SMILES string of the molecule is CCCCC[C@H]1CC[C@H](C=Cc2c(F)cccc2F)CC1. The molecule has 116 valence electrons. The zero-order chi connectivity index (χ0) is 15.1. The van der Waals surface area contributed by atoms with Gasteiger partial charge in [0.25, 0.3) is 0 Å². The maximum absolute atomic E-state index is 13.5. The van der Waals surface area contributed by atoms with Gasteiger partial charge < -0.3 is 0 Å².